The average molecular weight is 595 g/mol. The fourth-order valence-corrected chi connectivity index (χ4v) is 9.80. The third-order valence-corrected chi connectivity index (χ3v) is 12.6. The Morgan fingerprint density at radius 3 is 1.39 bits per heavy atom. The van der Waals surface area contributed by atoms with E-state index in [9.17, 15) is 26.4 Å². The van der Waals surface area contributed by atoms with Crippen molar-refractivity contribution < 1.29 is 16.8 Å². The van der Waals surface area contributed by atoms with E-state index in [1.54, 1.807) is 45.5 Å². The maximum Gasteiger partial charge on any atom is 0.251 e. The zero-order valence-electron chi connectivity index (χ0n) is 22.9. The number of benzene rings is 2. The van der Waals surface area contributed by atoms with Crippen molar-refractivity contribution in [3.05, 3.63) is 79.4 Å². The van der Waals surface area contributed by atoms with Gasteiger partial charge in [-0.05, 0) is 79.6 Å². The van der Waals surface area contributed by atoms with Crippen LogP contribution in [0.4, 0.5) is 0 Å². The zero-order valence-corrected chi connectivity index (χ0v) is 24.5. The normalized spacial score (nSPS) is 18.0. The number of aryl methyl sites for hydroxylation is 6. The molecule has 5 heterocycles. The molecule has 2 aromatic carbocycles. The van der Waals surface area contributed by atoms with E-state index in [2.05, 4.69) is 0 Å². The highest BCUT2D eigenvalue weighted by atomic mass is 32.2. The summed E-state index contributed by atoms with van der Waals surface area (Å²) >= 11 is 0. The van der Waals surface area contributed by atoms with Crippen LogP contribution in [0, 0.1) is 13.8 Å². The average Bonchev–Trinajstić information content (AvgIpc) is 3.47. The van der Waals surface area contributed by atoms with Gasteiger partial charge in [0.15, 0.2) is 0 Å². The Hall–Kier alpha value is -3.32. The molecule has 3 aliphatic rings. The van der Waals surface area contributed by atoms with Crippen LogP contribution in [-0.4, -0.2) is 60.8 Å². The molecule has 7 rings (SSSR count). The summed E-state index contributed by atoms with van der Waals surface area (Å²) in [6.07, 6.45) is 1.54. The summed E-state index contributed by atoms with van der Waals surface area (Å²) in [7, 11) is -7.79. The van der Waals surface area contributed by atoms with Gasteiger partial charge < -0.3 is 9.13 Å². The van der Waals surface area contributed by atoms with Crippen molar-refractivity contribution in [3.63, 3.8) is 0 Å². The predicted octanol–water partition coefficient (Wildman–Crippen LogP) is 2.13. The molecular formula is C29H30N4O6S2. The summed E-state index contributed by atoms with van der Waals surface area (Å²) in [5.74, 6) is 0. The summed E-state index contributed by atoms with van der Waals surface area (Å²) in [6.45, 7) is 5.15. The van der Waals surface area contributed by atoms with Gasteiger partial charge in [0.1, 0.15) is 0 Å². The van der Waals surface area contributed by atoms with Gasteiger partial charge in [0.2, 0.25) is 20.0 Å². The van der Waals surface area contributed by atoms with Crippen LogP contribution in [0.5, 0.6) is 0 Å². The highest BCUT2D eigenvalue weighted by Crippen LogP contribution is 2.33. The van der Waals surface area contributed by atoms with Crippen molar-refractivity contribution >= 4 is 41.9 Å². The molecule has 0 saturated carbocycles. The van der Waals surface area contributed by atoms with Crippen molar-refractivity contribution in [3.8, 4) is 0 Å². The SMILES string of the molecule is Cc1cc(=O)n2c3c(cc(S(=O)(=O)N4CCCN(S(=O)(=O)c5cc6c7c(c5)c(C)cc(=O)n7CC6)CC4)cc13)CC2. The lowest BCUT2D eigenvalue weighted by molar-refractivity contribution is 0.404. The highest BCUT2D eigenvalue weighted by molar-refractivity contribution is 7.89. The van der Waals surface area contributed by atoms with Gasteiger partial charge in [-0.15, -0.1) is 0 Å². The molecule has 4 aromatic rings. The minimum absolute atomic E-state index is 0.0341. The van der Waals surface area contributed by atoms with Crippen LogP contribution >= 0.6 is 0 Å². The summed E-state index contributed by atoms with van der Waals surface area (Å²) in [5, 5.41) is 1.50. The molecule has 0 N–H and O–H groups in total. The fourth-order valence-electron chi connectivity index (χ4n) is 6.71. The quantitative estimate of drug-likeness (QED) is 0.357. The van der Waals surface area contributed by atoms with Crippen molar-refractivity contribution in [1.29, 1.82) is 0 Å². The monoisotopic (exact) mass is 594 g/mol. The van der Waals surface area contributed by atoms with Crippen molar-refractivity contribution in [2.24, 2.45) is 0 Å². The number of hydrogen-bond acceptors (Lipinski definition) is 6. The lowest BCUT2D eigenvalue weighted by Crippen LogP contribution is -2.37. The molecule has 0 unspecified atom stereocenters. The van der Waals surface area contributed by atoms with Gasteiger partial charge in [0, 0.05) is 62.2 Å². The number of hydrogen-bond donors (Lipinski definition) is 0. The molecule has 3 aliphatic heterocycles. The minimum Gasteiger partial charge on any atom is -0.308 e. The third kappa shape index (κ3) is 3.95. The summed E-state index contributed by atoms with van der Waals surface area (Å²) in [4.78, 5) is 25.1. The van der Waals surface area contributed by atoms with Gasteiger partial charge in [0.25, 0.3) is 11.1 Å². The molecule has 41 heavy (non-hydrogen) atoms. The predicted molar refractivity (Wildman–Crippen MR) is 155 cm³/mol. The Bertz CT molecular complexity index is 2000. The first-order chi connectivity index (χ1) is 19.5. The van der Waals surface area contributed by atoms with Crippen LogP contribution in [-0.2, 0) is 46.0 Å². The number of sulfonamides is 2. The summed E-state index contributed by atoms with van der Waals surface area (Å²) < 4.78 is 61.5. The largest absolute Gasteiger partial charge is 0.308 e. The van der Waals surface area contributed by atoms with Crippen molar-refractivity contribution in [2.45, 2.75) is 56.0 Å². The molecule has 1 fully saturated rings. The molecule has 0 spiro atoms. The standard InChI is InChI=1S/C29H30N4O6S2/c1-18-12-26(34)32-8-4-20-14-22(16-24(18)28(20)32)40(36,37)30-6-3-7-31(11-10-30)41(38,39)23-15-21-5-9-33-27(35)13-19(2)25(17-23)29(21)33/h12-17H,3-11H2,1-2H3. The number of nitrogens with zero attached hydrogens (tertiary/aromatic N) is 4. The molecule has 0 atom stereocenters. The number of pyridine rings is 2. The van der Waals surface area contributed by atoms with Crippen LogP contribution in [0.1, 0.15) is 28.7 Å². The van der Waals surface area contributed by atoms with Gasteiger partial charge in [0.05, 0.1) is 20.8 Å². The van der Waals surface area contributed by atoms with E-state index < -0.39 is 20.0 Å². The Balaban J connectivity index is 1.20. The van der Waals surface area contributed by atoms with E-state index in [-0.39, 0.29) is 47.1 Å². The first kappa shape index (κ1) is 26.6. The molecule has 10 nitrogen and oxygen atoms in total. The molecular weight excluding hydrogens is 564 g/mol. The Morgan fingerprint density at radius 1 is 0.561 bits per heavy atom. The molecule has 0 bridgehead atoms. The smallest absolute Gasteiger partial charge is 0.251 e. The van der Waals surface area contributed by atoms with Crippen LogP contribution in [0.25, 0.3) is 21.8 Å². The lowest BCUT2D eigenvalue weighted by Gasteiger charge is -2.22. The summed E-state index contributed by atoms with van der Waals surface area (Å²) in [6, 6.07) is 9.71. The molecule has 0 amide bonds. The maximum absolute atomic E-state index is 13.8. The molecule has 2 aromatic heterocycles. The van der Waals surface area contributed by atoms with E-state index in [1.807, 2.05) is 13.8 Å². The molecule has 12 heteroatoms. The number of aromatic nitrogens is 2. The number of rotatable bonds is 4. The second-order valence-electron chi connectivity index (χ2n) is 11.3. The second-order valence-corrected chi connectivity index (χ2v) is 15.1. The van der Waals surface area contributed by atoms with Crippen LogP contribution in [0.3, 0.4) is 0 Å². The second kappa shape index (κ2) is 9.09. The topological polar surface area (TPSA) is 119 Å². The molecule has 0 radical (unpaired) electrons. The van der Waals surface area contributed by atoms with Crippen LogP contribution < -0.4 is 11.1 Å². The van der Waals surface area contributed by atoms with Gasteiger partial charge in [-0.2, -0.15) is 8.61 Å². The minimum atomic E-state index is -3.90. The van der Waals surface area contributed by atoms with Crippen LogP contribution in [0.15, 0.2) is 55.8 Å². The fraction of sp³-hybridized carbons (Fsp3) is 0.379. The van der Waals surface area contributed by atoms with Gasteiger partial charge in [-0.25, -0.2) is 16.8 Å². The maximum atomic E-state index is 13.8. The van der Waals surface area contributed by atoms with E-state index in [1.165, 1.54) is 8.61 Å². The van der Waals surface area contributed by atoms with E-state index in [4.69, 9.17) is 0 Å². The zero-order chi connectivity index (χ0) is 28.8. The molecule has 0 aliphatic carbocycles. The Kier molecular flexibility index (Phi) is 5.89. The Morgan fingerprint density at radius 2 is 0.976 bits per heavy atom. The van der Waals surface area contributed by atoms with E-state index in [0.29, 0.717) is 32.4 Å². The molecule has 1 saturated heterocycles. The summed E-state index contributed by atoms with van der Waals surface area (Å²) in [5.41, 5.74) is 4.59. The highest BCUT2D eigenvalue weighted by Gasteiger charge is 2.34. The lowest BCUT2D eigenvalue weighted by atomic mass is 10.1. The van der Waals surface area contributed by atoms with Crippen molar-refractivity contribution in [2.75, 3.05) is 26.2 Å². The van der Waals surface area contributed by atoms with E-state index in [0.717, 1.165) is 44.1 Å². The van der Waals surface area contributed by atoms with Gasteiger partial charge >= 0.3 is 0 Å². The first-order valence-corrected chi connectivity index (χ1v) is 16.7. The van der Waals surface area contributed by atoms with Crippen molar-refractivity contribution in [1.82, 2.24) is 17.7 Å². The Labute approximate surface area is 237 Å². The van der Waals surface area contributed by atoms with E-state index >= 15 is 0 Å². The van der Waals surface area contributed by atoms with Crippen LogP contribution in [0.2, 0.25) is 0 Å². The first-order valence-electron chi connectivity index (χ1n) is 13.8. The third-order valence-electron chi connectivity index (χ3n) is 8.83. The van der Waals surface area contributed by atoms with Gasteiger partial charge in [-0.3, -0.25) is 9.59 Å². The van der Waals surface area contributed by atoms with Gasteiger partial charge in [-0.1, -0.05) is 0 Å². The molecule has 214 valence electrons.